The number of amides is 1. The molecule has 0 aromatic rings. The molecule has 1 heterocycles. The van der Waals surface area contributed by atoms with Crippen molar-refractivity contribution in [3.05, 3.63) is 0 Å². The molecule has 1 aliphatic heterocycles. The highest BCUT2D eigenvalue weighted by atomic mass is 16.2. The van der Waals surface area contributed by atoms with Crippen LogP contribution in [0.5, 0.6) is 0 Å². The predicted molar refractivity (Wildman–Crippen MR) is 69.6 cm³/mol. The first-order chi connectivity index (χ1) is 8.11. The molecule has 17 heavy (non-hydrogen) atoms. The van der Waals surface area contributed by atoms with Crippen molar-refractivity contribution in [1.29, 1.82) is 0 Å². The largest absolute Gasteiger partial charge is 0.337 e. The second kappa shape index (κ2) is 5.38. The van der Waals surface area contributed by atoms with E-state index in [1.165, 1.54) is 19.3 Å². The summed E-state index contributed by atoms with van der Waals surface area (Å²) in [4.78, 5) is 14.8. The number of rotatable bonds is 1. The molecule has 1 saturated heterocycles. The fraction of sp³-hybridized carbons (Fsp3) is 0.929. The van der Waals surface area contributed by atoms with Crippen LogP contribution in [0.1, 0.15) is 58.8 Å². The van der Waals surface area contributed by atoms with Crippen LogP contribution in [0.2, 0.25) is 0 Å². The number of piperidine rings is 1. The first-order valence-corrected chi connectivity index (χ1v) is 7.19. The monoisotopic (exact) mass is 238 g/mol. The Labute approximate surface area is 105 Å². The molecular weight excluding hydrogens is 212 g/mol. The van der Waals surface area contributed by atoms with Crippen LogP contribution in [-0.2, 0) is 4.79 Å². The number of carbonyl (C=O) groups excluding carboxylic acids is 1. The Balaban J connectivity index is 2.06. The van der Waals surface area contributed by atoms with Crippen molar-refractivity contribution in [2.45, 2.75) is 76.9 Å². The fourth-order valence-corrected chi connectivity index (χ4v) is 3.51. The second-order valence-corrected chi connectivity index (χ2v) is 5.93. The molecule has 0 radical (unpaired) electrons. The molecular formula is C14H26N2O. The summed E-state index contributed by atoms with van der Waals surface area (Å²) in [5.41, 5.74) is 6.13. The highest BCUT2D eigenvalue weighted by molar-refractivity contribution is 5.80. The van der Waals surface area contributed by atoms with Gasteiger partial charge in [0.15, 0.2) is 0 Å². The van der Waals surface area contributed by atoms with Crippen molar-refractivity contribution in [3.8, 4) is 0 Å². The molecule has 98 valence electrons. The molecule has 0 bridgehead atoms. The van der Waals surface area contributed by atoms with E-state index in [0.29, 0.717) is 18.0 Å². The van der Waals surface area contributed by atoms with E-state index in [4.69, 9.17) is 5.73 Å². The van der Waals surface area contributed by atoms with Crippen LogP contribution >= 0.6 is 0 Å². The minimum Gasteiger partial charge on any atom is -0.337 e. The number of likely N-dealkylation sites (tertiary alicyclic amines) is 1. The summed E-state index contributed by atoms with van der Waals surface area (Å²) in [5, 5.41) is 0. The maximum absolute atomic E-state index is 12.6. The van der Waals surface area contributed by atoms with Gasteiger partial charge in [0.2, 0.25) is 5.91 Å². The van der Waals surface area contributed by atoms with Gasteiger partial charge < -0.3 is 10.6 Å². The minimum atomic E-state index is 0.0896. The molecule has 3 heteroatoms. The molecule has 3 nitrogen and oxygen atoms in total. The minimum absolute atomic E-state index is 0.0896. The van der Waals surface area contributed by atoms with Gasteiger partial charge in [-0.2, -0.15) is 0 Å². The number of hydrogen-bond donors (Lipinski definition) is 1. The maximum Gasteiger partial charge on any atom is 0.227 e. The smallest absolute Gasteiger partial charge is 0.227 e. The molecule has 1 saturated carbocycles. The molecule has 2 N–H and O–H groups in total. The van der Waals surface area contributed by atoms with E-state index >= 15 is 0 Å². The van der Waals surface area contributed by atoms with Gasteiger partial charge in [0.25, 0.3) is 0 Å². The zero-order valence-electron chi connectivity index (χ0n) is 11.2. The van der Waals surface area contributed by atoms with E-state index in [0.717, 1.165) is 25.7 Å². The predicted octanol–water partition coefficient (Wildman–Crippen LogP) is 2.29. The molecule has 2 unspecified atom stereocenters. The van der Waals surface area contributed by atoms with E-state index < -0.39 is 0 Å². The Morgan fingerprint density at radius 3 is 2.18 bits per heavy atom. The maximum atomic E-state index is 12.6. The van der Waals surface area contributed by atoms with Crippen LogP contribution in [0.3, 0.4) is 0 Å². The van der Waals surface area contributed by atoms with Crippen molar-refractivity contribution in [1.82, 2.24) is 4.90 Å². The van der Waals surface area contributed by atoms with Gasteiger partial charge in [0.1, 0.15) is 0 Å². The first kappa shape index (κ1) is 12.9. The number of hydrogen-bond acceptors (Lipinski definition) is 2. The van der Waals surface area contributed by atoms with Crippen LogP contribution in [0, 0.1) is 5.92 Å². The average molecular weight is 238 g/mol. The molecule has 4 atom stereocenters. The van der Waals surface area contributed by atoms with Gasteiger partial charge in [-0.3, -0.25) is 4.79 Å². The SMILES string of the molecule is C[C@@H]1CCC[C@H](C)N1C(=O)C1CCCCC1N. The fourth-order valence-electron chi connectivity index (χ4n) is 3.51. The molecule has 0 aromatic carbocycles. The van der Waals surface area contributed by atoms with Gasteiger partial charge in [0, 0.05) is 18.1 Å². The lowest BCUT2D eigenvalue weighted by Gasteiger charge is -2.42. The van der Waals surface area contributed by atoms with E-state index in [2.05, 4.69) is 18.7 Å². The van der Waals surface area contributed by atoms with Gasteiger partial charge in [0.05, 0.1) is 5.92 Å². The summed E-state index contributed by atoms with van der Waals surface area (Å²) in [6.45, 7) is 4.36. The normalized spacial score (nSPS) is 39.1. The second-order valence-electron chi connectivity index (χ2n) is 5.93. The molecule has 2 rings (SSSR count). The molecule has 0 aromatic heterocycles. The van der Waals surface area contributed by atoms with Crippen molar-refractivity contribution in [3.63, 3.8) is 0 Å². The standard InChI is InChI=1S/C14H26N2O/c1-10-6-5-7-11(2)16(10)14(17)12-8-3-4-9-13(12)15/h10-13H,3-9,15H2,1-2H3/t10-,11+,12?,13?. The van der Waals surface area contributed by atoms with Gasteiger partial charge in [-0.05, 0) is 46.0 Å². The number of nitrogens with two attached hydrogens (primary N) is 1. The van der Waals surface area contributed by atoms with E-state index in [9.17, 15) is 4.79 Å². The lowest BCUT2D eigenvalue weighted by atomic mass is 9.83. The van der Waals surface area contributed by atoms with Crippen LogP contribution < -0.4 is 5.73 Å². The quantitative estimate of drug-likeness (QED) is 0.762. The lowest BCUT2D eigenvalue weighted by Crippen LogP contribution is -2.53. The van der Waals surface area contributed by atoms with Crippen LogP contribution in [0.15, 0.2) is 0 Å². The average Bonchev–Trinajstić information content (AvgIpc) is 2.29. The Morgan fingerprint density at radius 1 is 1.00 bits per heavy atom. The topological polar surface area (TPSA) is 46.3 Å². The third-order valence-corrected chi connectivity index (χ3v) is 4.58. The number of nitrogens with zero attached hydrogens (tertiary/aromatic N) is 1. The highest BCUT2D eigenvalue weighted by Crippen LogP contribution is 2.30. The van der Waals surface area contributed by atoms with Crippen molar-refractivity contribution < 1.29 is 4.79 Å². The molecule has 0 spiro atoms. The van der Waals surface area contributed by atoms with Crippen molar-refractivity contribution >= 4 is 5.91 Å². The van der Waals surface area contributed by atoms with E-state index in [1.54, 1.807) is 0 Å². The van der Waals surface area contributed by atoms with Gasteiger partial charge >= 0.3 is 0 Å². The van der Waals surface area contributed by atoms with Crippen LogP contribution in [0.25, 0.3) is 0 Å². The summed E-state index contributed by atoms with van der Waals surface area (Å²) < 4.78 is 0. The highest BCUT2D eigenvalue weighted by Gasteiger charge is 2.36. The van der Waals surface area contributed by atoms with Crippen LogP contribution in [0.4, 0.5) is 0 Å². The third kappa shape index (κ3) is 2.65. The number of carbonyl (C=O) groups is 1. The molecule has 2 aliphatic rings. The third-order valence-electron chi connectivity index (χ3n) is 4.58. The molecule has 1 amide bonds. The molecule has 2 fully saturated rings. The Morgan fingerprint density at radius 2 is 1.59 bits per heavy atom. The summed E-state index contributed by atoms with van der Waals surface area (Å²) in [5.74, 6) is 0.420. The first-order valence-electron chi connectivity index (χ1n) is 7.19. The summed E-state index contributed by atoms with van der Waals surface area (Å²) in [6, 6.07) is 0.901. The summed E-state index contributed by atoms with van der Waals surface area (Å²) in [6.07, 6.45) is 7.93. The Kier molecular flexibility index (Phi) is 4.08. The summed E-state index contributed by atoms with van der Waals surface area (Å²) in [7, 11) is 0. The zero-order valence-corrected chi connectivity index (χ0v) is 11.2. The van der Waals surface area contributed by atoms with Gasteiger partial charge in [-0.1, -0.05) is 12.8 Å². The summed E-state index contributed by atoms with van der Waals surface area (Å²) >= 11 is 0. The Bertz CT molecular complexity index is 269. The van der Waals surface area contributed by atoms with Crippen molar-refractivity contribution in [2.24, 2.45) is 11.7 Å². The Hall–Kier alpha value is -0.570. The molecule has 1 aliphatic carbocycles. The zero-order chi connectivity index (χ0) is 12.4. The van der Waals surface area contributed by atoms with Crippen molar-refractivity contribution in [2.75, 3.05) is 0 Å². The van der Waals surface area contributed by atoms with Gasteiger partial charge in [-0.15, -0.1) is 0 Å². The van der Waals surface area contributed by atoms with Gasteiger partial charge in [-0.25, -0.2) is 0 Å². The van der Waals surface area contributed by atoms with E-state index in [1.807, 2.05) is 0 Å². The lowest BCUT2D eigenvalue weighted by molar-refractivity contribution is -0.143. The van der Waals surface area contributed by atoms with Crippen LogP contribution in [-0.4, -0.2) is 28.9 Å². The van der Waals surface area contributed by atoms with E-state index in [-0.39, 0.29) is 12.0 Å².